The summed E-state index contributed by atoms with van der Waals surface area (Å²) in [6, 6.07) is 0. The molecule has 1 amide bonds. The van der Waals surface area contributed by atoms with Crippen molar-refractivity contribution < 1.29 is 4.79 Å². The van der Waals surface area contributed by atoms with Crippen molar-refractivity contribution in [2.24, 2.45) is 17.6 Å². The molecule has 0 aromatic heterocycles. The molecule has 102 valence electrons. The van der Waals surface area contributed by atoms with E-state index < -0.39 is 5.54 Å². The molecule has 2 atom stereocenters. The summed E-state index contributed by atoms with van der Waals surface area (Å²) in [6.45, 7) is 11.5. The number of nitrogens with one attached hydrogen (secondary N) is 1. The number of hydrogen-bond donors (Lipinski definition) is 2. The first-order chi connectivity index (χ1) is 7.90. The van der Waals surface area contributed by atoms with Crippen molar-refractivity contribution in [2.45, 2.75) is 65.8 Å². The van der Waals surface area contributed by atoms with Crippen molar-refractivity contribution in [3.63, 3.8) is 0 Å². The Morgan fingerprint density at radius 1 is 1.29 bits per heavy atom. The second-order valence-corrected chi connectivity index (χ2v) is 5.49. The van der Waals surface area contributed by atoms with E-state index in [-0.39, 0.29) is 11.8 Å². The van der Waals surface area contributed by atoms with Gasteiger partial charge in [0.15, 0.2) is 0 Å². The van der Waals surface area contributed by atoms with Gasteiger partial charge in [-0.2, -0.15) is 0 Å². The van der Waals surface area contributed by atoms with Gasteiger partial charge in [-0.1, -0.05) is 53.9 Å². The van der Waals surface area contributed by atoms with Crippen molar-refractivity contribution in [2.75, 3.05) is 6.54 Å². The Bertz CT molecular complexity index is 228. The lowest BCUT2D eigenvalue weighted by atomic mass is 9.80. The number of nitrogens with two attached hydrogens (primary N) is 1. The maximum absolute atomic E-state index is 11.8. The molecule has 2 unspecified atom stereocenters. The molecular formula is C14H30N2O. The average molecular weight is 242 g/mol. The Kier molecular flexibility index (Phi) is 7.44. The van der Waals surface area contributed by atoms with E-state index in [1.54, 1.807) is 0 Å². The van der Waals surface area contributed by atoms with Crippen molar-refractivity contribution in [3.8, 4) is 0 Å². The molecule has 0 saturated carbocycles. The SMILES string of the molecule is CCCCC(NCC(C)CC)(C(N)=O)C(C)C. The molecule has 0 fully saturated rings. The van der Waals surface area contributed by atoms with Gasteiger partial charge in [0.1, 0.15) is 0 Å². The molecule has 0 rings (SSSR count). The quantitative estimate of drug-likeness (QED) is 0.653. The fourth-order valence-corrected chi connectivity index (χ4v) is 2.03. The minimum Gasteiger partial charge on any atom is -0.368 e. The zero-order valence-electron chi connectivity index (χ0n) is 12.2. The second kappa shape index (κ2) is 7.70. The van der Waals surface area contributed by atoms with E-state index in [1.807, 2.05) is 0 Å². The van der Waals surface area contributed by atoms with E-state index in [0.29, 0.717) is 5.92 Å². The Balaban J connectivity index is 4.72. The van der Waals surface area contributed by atoms with E-state index >= 15 is 0 Å². The molecular weight excluding hydrogens is 212 g/mol. The summed E-state index contributed by atoms with van der Waals surface area (Å²) in [5.41, 5.74) is 5.11. The van der Waals surface area contributed by atoms with Crippen molar-refractivity contribution in [3.05, 3.63) is 0 Å². The van der Waals surface area contributed by atoms with Gasteiger partial charge in [-0.3, -0.25) is 4.79 Å². The van der Waals surface area contributed by atoms with Crippen LogP contribution in [0.1, 0.15) is 60.3 Å². The van der Waals surface area contributed by atoms with Gasteiger partial charge in [-0.25, -0.2) is 0 Å². The van der Waals surface area contributed by atoms with E-state index in [4.69, 9.17) is 5.73 Å². The highest BCUT2D eigenvalue weighted by atomic mass is 16.1. The van der Waals surface area contributed by atoms with Gasteiger partial charge in [0.2, 0.25) is 5.91 Å². The second-order valence-electron chi connectivity index (χ2n) is 5.49. The fraction of sp³-hybridized carbons (Fsp3) is 0.929. The number of unbranched alkanes of at least 4 members (excludes halogenated alkanes) is 1. The maximum atomic E-state index is 11.8. The zero-order valence-corrected chi connectivity index (χ0v) is 12.2. The van der Waals surface area contributed by atoms with Gasteiger partial charge in [-0.05, 0) is 24.8 Å². The van der Waals surface area contributed by atoms with Crippen LogP contribution in [0, 0.1) is 11.8 Å². The zero-order chi connectivity index (χ0) is 13.5. The summed E-state index contributed by atoms with van der Waals surface area (Å²) >= 11 is 0. The molecule has 0 radical (unpaired) electrons. The summed E-state index contributed by atoms with van der Waals surface area (Å²) < 4.78 is 0. The predicted octanol–water partition coefficient (Wildman–Crippen LogP) is 2.69. The number of carbonyl (C=O) groups excluding carboxylic acids is 1. The molecule has 3 N–H and O–H groups in total. The van der Waals surface area contributed by atoms with Crippen LogP contribution in [0.5, 0.6) is 0 Å². The van der Waals surface area contributed by atoms with Crippen LogP contribution in [-0.2, 0) is 4.79 Å². The summed E-state index contributed by atoms with van der Waals surface area (Å²) in [7, 11) is 0. The van der Waals surface area contributed by atoms with E-state index in [1.165, 1.54) is 0 Å². The van der Waals surface area contributed by atoms with Crippen LogP contribution in [0.3, 0.4) is 0 Å². The molecule has 0 aliphatic carbocycles. The largest absolute Gasteiger partial charge is 0.368 e. The average Bonchev–Trinajstić information content (AvgIpc) is 2.28. The van der Waals surface area contributed by atoms with Gasteiger partial charge in [-0.15, -0.1) is 0 Å². The maximum Gasteiger partial charge on any atom is 0.237 e. The summed E-state index contributed by atoms with van der Waals surface area (Å²) in [5, 5.41) is 3.44. The van der Waals surface area contributed by atoms with Crippen LogP contribution in [0.4, 0.5) is 0 Å². The third kappa shape index (κ3) is 4.66. The lowest BCUT2D eigenvalue weighted by Gasteiger charge is -2.36. The Morgan fingerprint density at radius 2 is 1.88 bits per heavy atom. The van der Waals surface area contributed by atoms with Gasteiger partial charge in [0, 0.05) is 0 Å². The number of carbonyl (C=O) groups is 1. The Labute approximate surface area is 107 Å². The molecule has 0 aliphatic rings. The molecule has 0 bridgehead atoms. The summed E-state index contributed by atoms with van der Waals surface area (Å²) in [5.74, 6) is 0.606. The van der Waals surface area contributed by atoms with Gasteiger partial charge in [0.05, 0.1) is 5.54 Å². The molecule has 3 nitrogen and oxygen atoms in total. The standard InChI is InChI=1S/C14H30N2O/c1-6-8-9-14(11(3)4,13(15)17)16-10-12(5)7-2/h11-12,16H,6-10H2,1-5H3,(H2,15,17). The topological polar surface area (TPSA) is 55.1 Å². The summed E-state index contributed by atoms with van der Waals surface area (Å²) in [6.07, 6.45) is 4.09. The lowest BCUT2D eigenvalue weighted by Crippen LogP contribution is -2.59. The highest BCUT2D eigenvalue weighted by Crippen LogP contribution is 2.24. The number of hydrogen-bond acceptors (Lipinski definition) is 2. The number of primary amides is 1. The lowest BCUT2D eigenvalue weighted by molar-refractivity contribution is -0.126. The van der Waals surface area contributed by atoms with Crippen LogP contribution in [0.2, 0.25) is 0 Å². The number of rotatable bonds is 9. The Morgan fingerprint density at radius 3 is 2.24 bits per heavy atom. The molecule has 0 aliphatic heterocycles. The highest BCUT2D eigenvalue weighted by Gasteiger charge is 2.38. The van der Waals surface area contributed by atoms with Gasteiger partial charge < -0.3 is 11.1 Å². The normalized spacial score (nSPS) is 16.8. The van der Waals surface area contributed by atoms with Crippen LogP contribution >= 0.6 is 0 Å². The molecule has 0 spiro atoms. The first-order valence-corrected chi connectivity index (χ1v) is 6.95. The first kappa shape index (κ1) is 16.4. The van der Waals surface area contributed by atoms with E-state index in [0.717, 1.165) is 32.2 Å². The fourth-order valence-electron chi connectivity index (χ4n) is 2.03. The van der Waals surface area contributed by atoms with E-state index in [9.17, 15) is 4.79 Å². The van der Waals surface area contributed by atoms with E-state index in [2.05, 4.69) is 39.9 Å². The van der Waals surface area contributed by atoms with Crippen molar-refractivity contribution in [1.29, 1.82) is 0 Å². The smallest absolute Gasteiger partial charge is 0.237 e. The van der Waals surface area contributed by atoms with Crippen LogP contribution in [0.15, 0.2) is 0 Å². The highest BCUT2D eigenvalue weighted by molar-refractivity contribution is 5.85. The van der Waals surface area contributed by atoms with Crippen LogP contribution in [-0.4, -0.2) is 18.0 Å². The number of amides is 1. The minimum atomic E-state index is -0.528. The summed E-state index contributed by atoms with van der Waals surface area (Å²) in [4.78, 5) is 11.8. The van der Waals surface area contributed by atoms with Crippen LogP contribution in [0.25, 0.3) is 0 Å². The Hall–Kier alpha value is -0.570. The first-order valence-electron chi connectivity index (χ1n) is 6.95. The third-order valence-corrected chi connectivity index (χ3v) is 3.81. The monoisotopic (exact) mass is 242 g/mol. The molecule has 3 heteroatoms. The molecule has 0 aromatic carbocycles. The molecule has 17 heavy (non-hydrogen) atoms. The molecule has 0 saturated heterocycles. The molecule has 0 aromatic rings. The third-order valence-electron chi connectivity index (χ3n) is 3.81. The van der Waals surface area contributed by atoms with Crippen molar-refractivity contribution in [1.82, 2.24) is 5.32 Å². The molecule has 0 heterocycles. The minimum absolute atomic E-state index is 0.204. The van der Waals surface area contributed by atoms with Crippen molar-refractivity contribution >= 4 is 5.91 Å². The predicted molar refractivity (Wildman–Crippen MR) is 73.7 cm³/mol. The van der Waals surface area contributed by atoms with Gasteiger partial charge >= 0.3 is 0 Å². The van der Waals surface area contributed by atoms with Gasteiger partial charge in [0.25, 0.3) is 0 Å². The van der Waals surface area contributed by atoms with Crippen LogP contribution < -0.4 is 11.1 Å².